The van der Waals surface area contributed by atoms with Crippen LogP contribution in [-0.4, -0.2) is 28.0 Å². The largest absolute Gasteiger partial charge is 0.297 e. The molecule has 0 radical (unpaired) electrons. The van der Waals surface area contributed by atoms with E-state index >= 15 is 0 Å². The van der Waals surface area contributed by atoms with Crippen molar-refractivity contribution in [3.8, 4) is 5.69 Å². The highest BCUT2D eigenvalue weighted by Crippen LogP contribution is 2.24. The number of nitrogens with zero attached hydrogens (tertiary/aromatic N) is 3. The van der Waals surface area contributed by atoms with Crippen molar-refractivity contribution in [2.75, 3.05) is 11.4 Å². The summed E-state index contributed by atoms with van der Waals surface area (Å²) in [6.45, 7) is 1.86. The summed E-state index contributed by atoms with van der Waals surface area (Å²) >= 11 is 0. The summed E-state index contributed by atoms with van der Waals surface area (Å²) in [5.41, 5.74) is 1.36. The van der Waals surface area contributed by atoms with Crippen LogP contribution < -0.4 is 4.90 Å². The summed E-state index contributed by atoms with van der Waals surface area (Å²) in [5, 5.41) is 4.30. The summed E-state index contributed by atoms with van der Waals surface area (Å²) < 4.78 is 14.5. The van der Waals surface area contributed by atoms with Gasteiger partial charge in [0.25, 0.3) is 0 Å². The summed E-state index contributed by atoms with van der Waals surface area (Å²) in [5.74, 6) is -0.158. The third-order valence-electron chi connectivity index (χ3n) is 3.14. The number of rotatable bonds is 2. The van der Waals surface area contributed by atoms with Crippen molar-refractivity contribution in [2.45, 2.75) is 13.3 Å². The number of anilines is 1. The molecule has 0 spiro atoms. The van der Waals surface area contributed by atoms with Crippen LogP contribution in [-0.2, 0) is 9.59 Å². The molecule has 102 valence electrons. The van der Waals surface area contributed by atoms with Crippen LogP contribution in [0.5, 0.6) is 0 Å². The first-order chi connectivity index (χ1) is 9.54. The van der Waals surface area contributed by atoms with Gasteiger partial charge in [0.1, 0.15) is 11.6 Å². The molecule has 1 fully saturated rings. The minimum absolute atomic E-state index is 0.0607. The number of aryl methyl sites for hydroxylation is 1. The van der Waals surface area contributed by atoms with Crippen molar-refractivity contribution in [1.29, 1.82) is 0 Å². The van der Waals surface area contributed by atoms with Crippen LogP contribution in [0.1, 0.15) is 12.1 Å². The average Bonchev–Trinajstić information content (AvgIpc) is 2.93. The van der Waals surface area contributed by atoms with Crippen molar-refractivity contribution in [3.05, 3.63) is 41.8 Å². The van der Waals surface area contributed by atoms with E-state index < -0.39 is 0 Å². The minimum Gasteiger partial charge on any atom is -0.297 e. The Morgan fingerprint density at radius 1 is 1.20 bits per heavy atom. The molecule has 0 unspecified atom stereocenters. The summed E-state index contributed by atoms with van der Waals surface area (Å²) in [7, 11) is 0. The minimum atomic E-state index is -0.341. The number of ketones is 1. The molecule has 1 aliphatic rings. The molecule has 1 aromatic heterocycles. The lowest BCUT2D eigenvalue weighted by atomic mass is 10.3. The molecule has 5 nitrogen and oxygen atoms in total. The predicted molar refractivity (Wildman–Crippen MR) is 70.2 cm³/mol. The zero-order valence-electron chi connectivity index (χ0n) is 10.8. The Labute approximate surface area is 114 Å². The van der Waals surface area contributed by atoms with E-state index in [1.807, 2.05) is 0 Å². The maximum atomic E-state index is 13.0. The van der Waals surface area contributed by atoms with Crippen LogP contribution in [0.15, 0.2) is 30.3 Å². The Bertz CT molecular complexity index is 691. The zero-order chi connectivity index (χ0) is 14.3. The van der Waals surface area contributed by atoms with Gasteiger partial charge in [0, 0.05) is 6.07 Å². The molecule has 1 amide bonds. The summed E-state index contributed by atoms with van der Waals surface area (Å²) in [4.78, 5) is 24.6. The second-order valence-corrected chi connectivity index (χ2v) is 4.73. The number of benzene rings is 1. The molecule has 0 bridgehead atoms. The highest BCUT2D eigenvalue weighted by molar-refractivity contribution is 6.14. The summed E-state index contributed by atoms with van der Waals surface area (Å²) in [6.07, 6.45) is -0.0757. The quantitative estimate of drug-likeness (QED) is 0.781. The molecule has 0 aliphatic carbocycles. The first-order valence-corrected chi connectivity index (χ1v) is 6.19. The molecule has 0 atom stereocenters. The van der Waals surface area contributed by atoms with E-state index in [0.29, 0.717) is 11.5 Å². The van der Waals surface area contributed by atoms with E-state index in [-0.39, 0.29) is 30.5 Å². The fraction of sp³-hybridized carbons (Fsp3) is 0.214. The number of halogens is 1. The lowest BCUT2D eigenvalue weighted by Crippen LogP contribution is -2.27. The van der Waals surface area contributed by atoms with Gasteiger partial charge in [-0.3, -0.25) is 14.5 Å². The van der Waals surface area contributed by atoms with Crippen molar-refractivity contribution in [1.82, 2.24) is 9.78 Å². The van der Waals surface area contributed by atoms with Gasteiger partial charge in [0.2, 0.25) is 5.91 Å². The molecule has 1 aromatic carbocycles. The first kappa shape index (κ1) is 12.5. The highest BCUT2D eigenvalue weighted by atomic mass is 19.1. The van der Waals surface area contributed by atoms with Crippen LogP contribution in [0.3, 0.4) is 0 Å². The van der Waals surface area contributed by atoms with Gasteiger partial charge in [-0.2, -0.15) is 5.10 Å². The lowest BCUT2D eigenvalue weighted by Gasteiger charge is -2.16. The number of carbonyl (C=O) groups is 2. The van der Waals surface area contributed by atoms with Crippen LogP contribution >= 0.6 is 0 Å². The molecule has 3 rings (SSSR count). The van der Waals surface area contributed by atoms with Gasteiger partial charge < -0.3 is 0 Å². The lowest BCUT2D eigenvalue weighted by molar-refractivity contribution is -0.121. The molecule has 2 heterocycles. The zero-order valence-corrected chi connectivity index (χ0v) is 10.8. The standard InChI is InChI=1S/C14H12FN3O2/c1-9-6-13(17-8-12(19)7-14(17)20)18(16-9)11-4-2-10(15)3-5-11/h2-6H,7-8H2,1H3. The molecule has 0 N–H and O–H groups in total. The Kier molecular flexibility index (Phi) is 2.85. The van der Waals surface area contributed by atoms with E-state index in [1.54, 1.807) is 29.8 Å². The maximum Gasteiger partial charge on any atom is 0.236 e. The number of carbonyl (C=O) groups excluding carboxylic acids is 2. The molecule has 1 saturated heterocycles. The van der Waals surface area contributed by atoms with Crippen LogP contribution in [0.4, 0.5) is 10.2 Å². The second-order valence-electron chi connectivity index (χ2n) is 4.73. The van der Waals surface area contributed by atoms with Gasteiger partial charge in [-0.05, 0) is 31.2 Å². The van der Waals surface area contributed by atoms with Crippen molar-refractivity contribution >= 4 is 17.5 Å². The van der Waals surface area contributed by atoms with E-state index in [2.05, 4.69) is 5.10 Å². The molecule has 2 aromatic rings. The van der Waals surface area contributed by atoms with Crippen molar-refractivity contribution in [3.63, 3.8) is 0 Å². The highest BCUT2D eigenvalue weighted by Gasteiger charge is 2.31. The number of aromatic nitrogens is 2. The number of Topliss-reactive ketones (excluding diaryl/α,β-unsaturated/α-hetero) is 1. The molecule has 6 heteroatoms. The molecular formula is C14H12FN3O2. The Morgan fingerprint density at radius 2 is 1.90 bits per heavy atom. The van der Waals surface area contributed by atoms with Gasteiger partial charge in [-0.25, -0.2) is 9.07 Å². The Balaban J connectivity index is 2.06. The predicted octanol–water partition coefficient (Wildman–Crippen LogP) is 1.63. The van der Waals surface area contributed by atoms with Gasteiger partial charge >= 0.3 is 0 Å². The fourth-order valence-electron chi connectivity index (χ4n) is 2.24. The molecular weight excluding hydrogens is 261 g/mol. The smallest absolute Gasteiger partial charge is 0.236 e. The molecule has 20 heavy (non-hydrogen) atoms. The SMILES string of the molecule is Cc1cc(N2CC(=O)CC2=O)n(-c2ccc(F)cc2)n1. The van der Waals surface area contributed by atoms with Gasteiger partial charge in [-0.15, -0.1) is 0 Å². The monoisotopic (exact) mass is 273 g/mol. The van der Waals surface area contributed by atoms with E-state index in [9.17, 15) is 14.0 Å². The third kappa shape index (κ3) is 2.09. The third-order valence-corrected chi connectivity index (χ3v) is 3.14. The average molecular weight is 273 g/mol. The maximum absolute atomic E-state index is 13.0. The fourth-order valence-corrected chi connectivity index (χ4v) is 2.24. The number of amides is 1. The van der Waals surface area contributed by atoms with Crippen LogP contribution in [0, 0.1) is 12.7 Å². The molecule has 0 saturated carbocycles. The van der Waals surface area contributed by atoms with Gasteiger partial charge in [0.15, 0.2) is 5.78 Å². The topological polar surface area (TPSA) is 55.2 Å². The number of hydrogen-bond acceptors (Lipinski definition) is 3. The number of hydrogen-bond donors (Lipinski definition) is 0. The second kappa shape index (κ2) is 4.56. The molecule has 1 aliphatic heterocycles. The van der Waals surface area contributed by atoms with Gasteiger partial charge in [0.05, 0.1) is 24.3 Å². The van der Waals surface area contributed by atoms with Crippen LogP contribution in [0.2, 0.25) is 0 Å². The van der Waals surface area contributed by atoms with Crippen molar-refractivity contribution in [2.24, 2.45) is 0 Å². The van der Waals surface area contributed by atoms with Gasteiger partial charge in [-0.1, -0.05) is 0 Å². The summed E-state index contributed by atoms with van der Waals surface area (Å²) in [6, 6.07) is 7.54. The van der Waals surface area contributed by atoms with E-state index in [1.165, 1.54) is 17.0 Å². The van der Waals surface area contributed by atoms with Crippen LogP contribution in [0.25, 0.3) is 5.69 Å². The normalized spacial score (nSPS) is 15.2. The van der Waals surface area contributed by atoms with E-state index in [0.717, 1.165) is 5.69 Å². The first-order valence-electron chi connectivity index (χ1n) is 6.19. The Morgan fingerprint density at radius 3 is 2.50 bits per heavy atom. The Hall–Kier alpha value is -2.50. The van der Waals surface area contributed by atoms with E-state index in [4.69, 9.17) is 0 Å². The van der Waals surface area contributed by atoms with Crippen molar-refractivity contribution < 1.29 is 14.0 Å².